The maximum atomic E-state index is 13.0. The molecule has 4 rings (SSSR count). The summed E-state index contributed by atoms with van der Waals surface area (Å²) in [6.45, 7) is 0.310. The summed E-state index contributed by atoms with van der Waals surface area (Å²) in [6.07, 6.45) is 2.78. The summed E-state index contributed by atoms with van der Waals surface area (Å²) in [4.78, 5) is 19.1. The van der Waals surface area contributed by atoms with Gasteiger partial charge in [0.15, 0.2) is 11.5 Å². The van der Waals surface area contributed by atoms with Crippen LogP contribution in [0.4, 0.5) is 5.69 Å². The predicted octanol–water partition coefficient (Wildman–Crippen LogP) is 3.47. The first-order chi connectivity index (χ1) is 14.2. The Morgan fingerprint density at radius 3 is 2.48 bits per heavy atom. The molecule has 0 aliphatic carbocycles. The largest absolute Gasteiger partial charge is 0.493 e. The molecule has 150 valence electrons. The number of aromatic nitrogens is 1. The second-order valence-electron chi connectivity index (χ2n) is 6.41. The summed E-state index contributed by atoms with van der Waals surface area (Å²) < 4.78 is 21.7. The first kappa shape index (κ1) is 18.7. The Morgan fingerprint density at radius 1 is 1.10 bits per heavy atom. The standard InChI is InChI=1S/C21H21N3O5/c1-26-16-10-13(11-17(27-2)19(16)28-3)23-20-18-15(7-4-8-22-18)21(25)24(20)12-14-6-5-9-29-14/h4-11,20,23H,12H2,1-3H3/t20-/m1/s1. The van der Waals surface area contributed by atoms with Gasteiger partial charge in [-0.1, -0.05) is 0 Å². The molecule has 1 aromatic carbocycles. The molecule has 8 heteroatoms. The Bertz CT molecular complexity index is 994. The van der Waals surface area contributed by atoms with Crippen LogP contribution < -0.4 is 19.5 Å². The van der Waals surface area contributed by atoms with E-state index < -0.39 is 6.17 Å². The van der Waals surface area contributed by atoms with Crippen LogP contribution in [0.1, 0.15) is 28.0 Å². The number of carbonyl (C=O) groups excluding carboxylic acids is 1. The number of methoxy groups -OCH3 is 3. The molecule has 8 nitrogen and oxygen atoms in total. The topological polar surface area (TPSA) is 86.1 Å². The van der Waals surface area contributed by atoms with Crippen LogP contribution in [-0.2, 0) is 6.54 Å². The van der Waals surface area contributed by atoms with Gasteiger partial charge in [-0.3, -0.25) is 9.78 Å². The van der Waals surface area contributed by atoms with E-state index in [0.717, 1.165) is 0 Å². The number of amides is 1. The van der Waals surface area contributed by atoms with Crippen molar-refractivity contribution in [1.82, 2.24) is 9.88 Å². The fraction of sp³-hybridized carbons (Fsp3) is 0.238. The Morgan fingerprint density at radius 2 is 1.86 bits per heavy atom. The number of hydrogen-bond acceptors (Lipinski definition) is 7. The van der Waals surface area contributed by atoms with Gasteiger partial charge in [-0.25, -0.2) is 0 Å². The van der Waals surface area contributed by atoms with Gasteiger partial charge in [0, 0.05) is 24.0 Å². The molecule has 29 heavy (non-hydrogen) atoms. The van der Waals surface area contributed by atoms with Crippen molar-refractivity contribution in [3.8, 4) is 17.2 Å². The van der Waals surface area contributed by atoms with Crippen molar-refractivity contribution in [1.29, 1.82) is 0 Å². The van der Waals surface area contributed by atoms with Crippen LogP contribution in [0.15, 0.2) is 53.3 Å². The highest BCUT2D eigenvalue weighted by Crippen LogP contribution is 2.42. The fourth-order valence-corrected chi connectivity index (χ4v) is 3.44. The highest BCUT2D eigenvalue weighted by molar-refractivity contribution is 5.98. The molecule has 1 N–H and O–H groups in total. The minimum atomic E-state index is -0.480. The third-order valence-electron chi connectivity index (χ3n) is 4.77. The van der Waals surface area contributed by atoms with Gasteiger partial charge in [-0.2, -0.15) is 0 Å². The van der Waals surface area contributed by atoms with Crippen molar-refractivity contribution in [2.24, 2.45) is 0 Å². The average molecular weight is 395 g/mol. The molecule has 3 heterocycles. The van der Waals surface area contributed by atoms with E-state index >= 15 is 0 Å². The van der Waals surface area contributed by atoms with Crippen LogP contribution in [-0.4, -0.2) is 37.1 Å². The molecule has 3 aromatic rings. The minimum absolute atomic E-state index is 0.116. The Kier molecular flexibility index (Phi) is 4.99. The van der Waals surface area contributed by atoms with Gasteiger partial charge in [0.1, 0.15) is 11.9 Å². The number of carbonyl (C=O) groups is 1. The van der Waals surface area contributed by atoms with E-state index in [1.165, 1.54) is 0 Å². The first-order valence-electron chi connectivity index (χ1n) is 9.01. The molecule has 1 aliphatic rings. The molecule has 0 saturated carbocycles. The van der Waals surface area contributed by atoms with Crippen molar-refractivity contribution in [3.05, 3.63) is 65.9 Å². The van der Waals surface area contributed by atoms with Crippen LogP contribution in [0.5, 0.6) is 17.2 Å². The number of nitrogens with one attached hydrogen (secondary N) is 1. The van der Waals surface area contributed by atoms with Crippen LogP contribution in [0.2, 0.25) is 0 Å². The van der Waals surface area contributed by atoms with Crippen molar-refractivity contribution in [2.45, 2.75) is 12.7 Å². The van der Waals surface area contributed by atoms with Gasteiger partial charge in [-0.05, 0) is 24.3 Å². The second kappa shape index (κ2) is 7.75. The van der Waals surface area contributed by atoms with Gasteiger partial charge in [-0.15, -0.1) is 0 Å². The molecule has 2 aromatic heterocycles. The number of ether oxygens (including phenoxy) is 3. The predicted molar refractivity (Wildman–Crippen MR) is 105 cm³/mol. The van der Waals surface area contributed by atoms with E-state index in [-0.39, 0.29) is 5.91 Å². The monoisotopic (exact) mass is 395 g/mol. The first-order valence-corrected chi connectivity index (χ1v) is 9.01. The lowest BCUT2D eigenvalue weighted by molar-refractivity contribution is 0.0714. The Labute approximate surface area is 168 Å². The SMILES string of the molecule is COc1cc(N[C@H]2c3ncccc3C(=O)N2Cc2ccco2)cc(OC)c1OC. The van der Waals surface area contributed by atoms with Gasteiger partial charge >= 0.3 is 0 Å². The third-order valence-corrected chi connectivity index (χ3v) is 4.77. The molecule has 1 amide bonds. The fourth-order valence-electron chi connectivity index (χ4n) is 3.44. The summed E-state index contributed by atoms with van der Waals surface area (Å²) in [5.74, 6) is 2.08. The third kappa shape index (κ3) is 3.33. The van der Waals surface area contributed by atoms with Crippen molar-refractivity contribution >= 4 is 11.6 Å². The number of nitrogens with zero attached hydrogens (tertiary/aromatic N) is 2. The zero-order valence-corrected chi connectivity index (χ0v) is 16.3. The van der Waals surface area contributed by atoms with E-state index in [1.807, 2.05) is 6.07 Å². The van der Waals surface area contributed by atoms with Gasteiger partial charge in [0.25, 0.3) is 5.91 Å². The van der Waals surface area contributed by atoms with Gasteiger partial charge in [0.05, 0.1) is 45.4 Å². The number of pyridine rings is 1. The zero-order chi connectivity index (χ0) is 20.4. The van der Waals surface area contributed by atoms with E-state index in [2.05, 4.69) is 10.3 Å². The van der Waals surface area contributed by atoms with E-state index in [1.54, 1.807) is 69.0 Å². The van der Waals surface area contributed by atoms with Crippen molar-refractivity contribution < 1.29 is 23.4 Å². The summed E-state index contributed by atoms with van der Waals surface area (Å²) in [6, 6.07) is 10.7. The minimum Gasteiger partial charge on any atom is -0.493 e. The van der Waals surface area contributed by atoms with Crippen LogP contribution >= 0.6 is 0 Å². The Balaban J connectivity index is 1.72. The van der Waals surface area contributed by atoms with Gasteiger partial charge in [0.2, 0.25) is 5.75 Å². The second-order valence-corrected chi connectivity index (χ2v) is 6.41. The number of benzene rings is 1. The smallest absolute Gasteiger partial charge is 0.258 e. The number of fused-ring (bicyclic) bond motifs is 1. The summed E-state index contributed by atoms with van der Waals surface area (Å²) in [5.41, 5.74) is 1.90. The maximum Gasteiger partial charge on any atom is 0.258 e. The lowest BCUT2D eigenvalue weighted by Crippen LogP contribution is -2.32. The van der Waals surface area contributed by atoms with Crippen LogP contribution in [0.25, 0.3) is 0 Å². The highest BCUT2D eigenvalue weighted by atomic mass is 16.5. The summed E-state index contributed by atoms with van der Waals surface area (Å²) in [7, 11) is 4.66. The number of hydrogen-bond donors (Lipinski definition) is 1. The molecule has 0 saturated heterocycles. The molecule has 0 unspecified atom stereocenters. The van der Waals surface area contributed by atoms with Crippen LogP contribution in [0, 0.1) is 0 Å². The summed E-state index contributed by atoms with van der Waals surface area (Å²) >= 11 is 0. The number of furan rings is 1. The highest BCUT2D eigenvalue weighted by Gasteiger charge is 2.38. The molecule has 0 radical (unpaired) electrons. The maximum absolute atomic E-state index is 13.0. The normalized spacial score (nSPS) is 15.2. The molecule has 1 atom stereocenters. The number of rotatable bonds is 7. The zero-order valence-electron chi connectivity index (χ0n) is 16.3. The molecule has 0 bridgehead atoms. The van der Waals surface area contributed by atoms with Crippen molar-refractivity contribution in [2.75, 3.05) is 26.6 Å². The molecular weight excluding hydrogens is 374 g/mol. The lowest BCUT2D eigenvalue weighted by atomic mass is 10.2. The molecular formula is C21H21N3O5. The van der Waals surface area contributed by atoms with Crippen molar-refractivity contribution in [3.63, 3.8) is 0 Å². The van der Waals surface area contributed by atoms with E-state index in [4.69, 9.17) is 18.6 Å². The van der Waals surface area contributed by atoms with E-state index in [9.17, 15) is 4.79 Å². The molecule has 0 fully saturated rings. The van der Waals surface area contributed by atoms with Crippen LogP contribution in [0.3, 0.4) is 0 Å². The Hall–Kier alpha value is -3.68. The quantitative estimate of drug-likeness (QED) is 0.655. The number of anilines is 1. The lowest BCUT2D eigenvalue weighted by Gasteiger charge is -2.26. The molecule has 0 spiro atoms. The van der Waals surface area contributed by atoms with E-state index in [0.29, 0.717) is 46.5 Å². The van der Waals surface area contributed by atoms with Gasteiger partial charge < -0.3 is 28.8 Å². The molecule has 1 aliphatic heterocycles. The summed E-state index contributed by atoms with van der Waals surface area (Å²) in [5, 5.41) is 3.38. The average Bonchev–Trinajstić information content (AvgIpc) is 3.36.